The number of hydrogen-bond acceptors (Lipinski definition) is 1. The highest BCUT2D eigenvalue weighted by Crippen LogP contribution is 2.59. The van der Waals surface area contributed by atoms with Gasteiger partial charge in [-0.2, -0.15) is 0 Å². The van der Waals surface area contributed by atoms with Crippen LogP contribution in [0.25, 0.3) is 33.4 Å². The molecule has 2 unspecified atom stereocenters. The van der Waals surface area contributed by atoms with E-state index in [1.165, 1.54) is 66.8 Å². The summed E-state index contributed by atoms with van der Waals surface area (Å²) in [5.74, 6) is 1.40. The molecular weight excluding hydrogens is 569 g/mol. The molecule has 0 radical (unpaired) electrons. The second-order valence-corrected chi connectivity index (χ2v) is 14.2. The zero-order chi connectivity index (χ0) is 32.3. The van der Waals surface area contributed by atoms with Gasteiger partial charge in [-0.05, 0) is 95.8 Å². The number of benzene rings is 5. The molecule has 2 nitrogen and oxygen atoms in total. The van der Waals surface area contributed by atoms with E-state index in [0.717, 1.165) is 12.8 Å². The van der Waals surface area contributed by atoms with Crippen LogP contribution >= 0.6 is 0 Å². The number of anilines is 2. The lowest BCUT2D eigenvalue weighted by Gasteiger charge is -2.41. The highest BCUT2D eigenvalue weighted by molar-refractivity contribution is 5.97. The number of allylic oxidation sites excluding steroid dienone is 3. The SMILES string of the molecule is CC/C=C\c1c(C)n(-c2ccc3c(c2)C(C)(C)C2CC(N(c4ccccc4)c4cccc5ccccc45)=C[C@@H](C)C32)c2ccccc12. The first-order valence-corrected chi connectivity index (χ1v) is 17.3. The molecule has 0 saturated carbocycles. The van der Waals surface area contributed by atoms with Gasteiger partial charge in [0.25, 0.3) is 0 Å². The molecule has 0 aliphatic heterocycles. The quantitative estimate of drug-likeness (QED) is 0.182. The molecule has 234 valence electrons. The summed E-state index contributed by atoms with van der Waals surface area (Å²) >= 11 is 0. The Morgan fingerprint density at radius 2 is 1.55 bits per heavy atom. The maximum atomic E-state index is 2.57. The van der Waals surface area contributed by atoms with Crippen molar-refractivity contribution in [3.05, 3.63) is 155 Å². The van der Waals surface area contributed by atoms with Crippen LogP contribution in [-0.2, 0) is 5.41 Å². The van der Waals surface area contributed by atoms with E-state index in [1.807, 2.05) is 0 Å². The van der Waals surface area contributed by atoms with Crippen molar-refractivity contribution in [2.45, 2.75) is 58.8 Å². The van der Waals surface area contributed by atoms with Gasteiger partial charge in [0.15, 0.2) is 0 Å². The third kappa shape index (κ3) is 4.68. The summed E-state index contributed by atoms with van der Waals surface area (Å²) in [6.45, 7) is 11.9. The topological polar surface area (TPSA) is 8.17 Å². The molecule has 8 rings (SSSR count). The van der Waals surface area contributed by atoms with Crippen molar-refractivity contribution in [2.75, 3.05) is 4.90 Å². The van der Waals surface area contributed by atoms with Crippen LogP contribution in [0.5, 0.6) is 0 Å². The molecule has 0 saturated heterocycles. The molecule has 1 heterocycles. The molecule has 47 heavy (non-hydrogen) atoms. The van der Waals surface area contributed by atoms with Crippen LogP contribution in [0.2, 0.25) is 0 Å². The number of fused-ring (bicyclic) bond motifs is 5. The Bertz CT molecular complexity index is 2170. The Morgan fingerprint density at radius 1 is 0.830 bits per heavy atom. The first-order valence-electron chi connectivity index (χ1n) is 17.3. The van der Waals surface area contributed by atoms with Gasteiger partial charge in [-0.1, -0.05) is 125 Å². The molecule has 2 heteroatoms. The van der Waals surface area contributed by atoms with Crippen molar-refractivity contribution in [1.29, 1.82) is 0 Å². The van der Waals surface area contributed by atoms with E-state index in [4.69, 9.17) is 0 Å². The van der Waals surface area contributed by atoms with Crippen LogP contribution in [0, 0.1) is 18.8 Å². The van der Waals surface area contributed by atoms with Crippen LogP contribution in [0.3, 0.4) is 0 Å². The van der Waals surface area contributed by atoms with E-state index in [1.54, 1.807) is 0 Å². The Morgan fingerprint density at radius 3 is 2.36 bits per heavy atom. The second-order valence-electron chi connectivity index (χ2n) is 14.2. The molecule has 6 aromatic rings. The van der Waals surface area contributed by atoms with Gasteiger partial charge in [0, 0.05) is 39.1 Å². The predicted molar refractivity (Wildman–Crippen MR) is 201 cm³/mol. The van der Waals surface area contributed by atoms with Crippen molar-refractivity contribution in [2.24, 2.45) is 11.8 Å². The normalized spacial score (nSPS) is 20.0. The van der Waals surface area contributed by atoms with Crippen molar-refractivity contribution in [3.8, 4) is 5.69 Å². The van der Waals surface area contributed by atoms with E-state index < -0.39 is 0 Å². The molecule has 0 spiro atoms. The van der Waals surface area contributed by atoms with E-state index in [2.05, 4.69) is 178 Å². The molecule has 0 fully saturated rings. The van der Waals surface area contributed by atoms with Gasteiger partial charge in [-0.25, -0.2) is 0 Å². The average molecular weight is 613 g/mol. The first kappa shape index (κ1) is 29.6. The van der Waals surface area contributed by atoms with Gasteiger partial charge in [0.2, 0.25) is 0 Å². The third-order valence-electron chi connectivity index (χ3n) is 11.1. The van der Waals surface area contributed by atoms with E-state index in [-0.39, 0.29) is 5.41 Å². The minimum atomic E-state index is 0.0205. The minimum Gasteiger partial charge on any atom is -0.314 e. The van der Waals surface area contributed by atoms with Crippen LogP contribution in [-0.4, -0.2) is 4.57 Å². The van der Waals surface area contributed by atoms with Crippen LogP contribution in [0.4, 0.5) is 11.4 Å². The molecule has 0 amide bonds. The van der Waals surface area contributed by atoms with Crippen LogP contribution < -0.4 is 4.90 Å². The van der Waals surface area contributed by atoms with Gasteiger partial charge in [-0.3, -0.25) is 0 Å². The highest BCUT2D eigenvalue weighted by Gasteiger charge is 2.50. The highest BCUT2D eigenvalue weighted by atomic mass is 15.2. The minimum absolute atomic E-state index is 0.0205. The first-order chi connectivity index (χ1) is 22.9. The number of rotatable bonds is 6. The third-order valence-corrected chi connectivity index (χ3v) is 11.1. The Balaban J connectivity index is 1.23. The van der Waals surface area contributed by atoms with Crippen molar-refractivity contribution in [3.63, 3.8) is 0 Å². The zero-order valence-electron chi connectivity index (χ0n) is 28.2. The largest absolute Gasteiger partial charge is 0.314 e. The van der Waals surface area contributed by atoms with Gasteiger partial charge in [0.05, 0.1) is 11.2 Å². The summed E-state index contributed by atoms with van der Waals surface area (Å²) in [6.07, 6.45) is 9.22. The summed E-state index contributed by atoms with van der Waals surface area (Å²) in [6, 6.07) is 42.7. The molecule has 5 aromatic carbocycles. The molecular formula is C45H44N2. The van der Waals surface area contributed by atoms with E-state index >= 15 is 0 Å². The van der Waals surface area contributed by atoms with Gasteiger partial charge in [-0.15, -0.1) is 0 Å². The van der Waals surface area contributed by atoms with E-state index in [9.17, 15) is 0 Å². The number of hydrogen-bond donors (Lipinski definition) is 0. The number of para-hydroxylation sites is 2. The lowest BCUT2D eigenvalue weighted by atomic mass is 9.67. The summed E-state index contributed by atoms with van der Waals surface area (Å²) < 4.78 is 2.48. The van der Waals surface area contributed by atoms with Gasteiger partial charge in [0.1, 0.15) is 0 Å². The van der Waals surface area contributed by atoms with Gasteiger partial charge >= 0.3 is 0 Å². The summed E-state index contributed by atoms with van der Waals surface area (Å²) in [5, 5.41) is 3.88. The Kier molecular flexibility index (Phi) is 7.21. The standard InChI is InChI=1S/C45H44N2/c1-6-7-20-36-31(3)46(43-23-14-13-22-38(36)43)34-25-26-39-40(28-34)45(4,5)41-29-35(27-30(2)44(39)41)47(33-18-9-8-10-19-33)42-24-15-17-32-16-11-12-21-37(32)42/h7-28,30,41,44H,6,29H2,1-5H3/b20-7-/t30-,41?,44?/m1/s1. The van der Waals surface area contributed by atoms with E-state index in [0.29, 0.717) is 17.8 Å². The fourth-order valence-corrected chi connectivity index (χ4v) is 8.91. The van der Waals surface area contributed by atoms with Crippen LogP contribution in [0.1, 0.15) is 68.8 Å². The molecule has 0 bridgehead atoms. The Hall–Kier alpha value is -4.82. The lowest BCUT2D eigenvalue weighted by molar-refractivity contribution is 0.256. The predicted octanol–water partition coefficient (Wildman–Crippen LogP) is 12.3. The lowest BCUT2D eigenvalue weighted by Crippen LogP contribution is -2.34. The molecule has 2 aliphatic rings. The van der Waals surface area contributed by atoms with Crippen molar-refractivity contribution < 1.29 is 0 Å². The molecule has 1 aromatic heterocycles. The van der Waals surface area contributed by atoms with Crippen molar-refractivity contribution >= 4 is 39.1 Å². The average Bonchev–Trinajstić information content (AvgIpc) is 3.50. The second kappa shape index (κ2) is 11.5. The number of nitrogens with zero attached hydrogens (tertiary/aromatic N) is 2. The fourth-order valence-electron chi connectivity index (χ4n) is 8.91. The maximum absolute atomic E-state index is 2.57. The fraction of sp³-hybridized carbons (Fsp3) is 0.244. The molecule has 3 atom stereocenters. The summed E-state index contributed by atoms with van der Waals surface area (Å²) in [7, 11) is 0. The monoisotopic (exact) mass is 612 g/mol. The van der Waals surface area contributed by atoms with Crippen molar-refractivity contribution in [1.82, 2.24) is 4.57 Å². The zero-order valence-corrected chi connectivity index (χ0v) is 28.2. The molecule has 0 N–H and O–H groups in total. The Labute approximate surface area is 279 Å². The number of aromatic nitrogens is 1. The summed E-state index contributed by atoms with van der Waals surface area (Å²) in [4.78, 5) is 2.54. The summed E-state index contributed by atoms with van der Waals surface area (Å²) in [5.41, 5.74) is 12.1. The smallest absolute Gasteiger partial charge is 0.0537 e. The molecule has 2 aliphatic carbocycles. The van der Waals surface area contributed by atoms with Crippen LogP contribution in [0.15, 0.2) is 133 Å². The maximum Gasteiger partial charge on any atom is 0.0537 e. The van der Waals surface area contributed by atoms with Gasteiger partial charge < -0.3 is 9.47 Å².